The molecule has 3 aromatic rings. The van der Waals surface area contributed by atoms with Gasteiger partial charge in [-0.05, 0) is 30.2 Å². The summed E-state index contributed by atoms with van der Waals surface area (Å²) >= 11 is 1.38. The van der Waals surface area contributed by atoms with Crippen molar-refractivity contribution < 1.29 is 13.6 Å². The van der Waals surface area contributed by atoms with Gasteiger partial charge in [-0.1, -0.05) is 25.6 Å². The molecule has 0 aliphatic rings. The summed E-state index contributed by atoms with van der Waals surface area (Å²) in [6, 6.07) is 7.35. The molecule has 3 rings (SSSR count). The predicted molar refractivity (Wildman–Crippen MR) is 98.5 cm³/mol. The minimum Gasteiger partial charge on any atom is -0.467 e. The van der Waals surface area contributed by atoms with Crippen LogP contribution in [0.3, 0.4) is 0 Å². The van der Waals surface area contributed by atoms with Crippen molar-refractivity contribution in [2.24, 2.45) is 5.92 Å². The molecular formula is C18H22N4O3S. The number of amides is 1. The van der Waals surface area contributed by atoms with Gasteiger partial charge in [0.15, 0.2) is 16.7 Å². The van der Waals surface area contributed by atoms with Crippen molar-refractivity contribution in [3.8, 4) is 11.6 Å². The van der Waals surface area contributed by atoms with E-state index in [0.29, 0.717) is 29.2 Å². The SMILES string of the molecule is CC(C)Cn1c(SCC(=O)N(C)Cc2ccco2)nnc1-c1ccco1. The lowest BCUT2D eigenvalue weighted by Crippen LogP contribution is -2.27. The Morgan fingerprint density at radius 2 is 2.00 bits per heavy atom. The molecule has 0 unspecified atom stereocenters. The van der Waals surface area contributed by atoms with Gasteiger partial charge in [0.2, 0.25) is 5.91 Å². The van der Waals surface area contributed by atoms with Crippen molar-refractivity contribution in [2.75, 3.05) is 12.8 Å². The van der Waals surface area contributed by atoms with E-state index >= 15 is 0 Å². The average molecular weight is 374 g/mol. The maximum atomic E-state index is 12.4. The number of carbonyl (C=O) groups excluding carboxylic acids is 1. The van der Waals surface area contributed by atoms with Crippen LogP contribution in [-0.4, -0.2) is 38.4 Å². The molecule has 0 atom stereocenters. The van der Waals surface area contributed by atoms with E-state index < -0.39 is 0 Å². The van der Waals surface area contributed by atoms with Gasteiger partial charge >= 0.3 is 0 Å². The second-order valence-corrected chi connectivity index (χ2v) is 7.35. The number of carbonyl (C=O) groups is 1. The van der Waals surface area contributed by atoms with Crippen LogP contribution in [-0.2, 0) is 17.9 Å². The molecule has 26 heavy (non-hydrogen) atoms. The van der Waals surface area contributed by atoms with Gasteiger partial charge in [-0.2, -0.15) is 0 Å². The predicted octanol–water partition coefficient (Wildman–Crippen LogP) is 3.54. The quantitative estimate of drug-likeness (QED) is 0.561. The zero-order valence-electron chi connectivity index (χ0n) is 15.1. The number of furan rings is 2. The molecule has 0 aromatic carbocycles. The highest BCUT2D eigenvalue weighted by Gasteiger charge is 2.19. The van der Waals surface area contributed by atoms with Crippen LogP contribution in [0.5, 0.6) is 0 Å². The van der Waals surface area contributed by atoms with E-state index in [1.165, 1.54) is 11.8 Å². The van der Waals surface area contributed by atoms with E-state index in [1.54, 1.807) is 24.5 Å². The zero-order chi connectivity index (χ0) is 18.5. The standard InChI is InChI=1S/C18H22N4O3S/c1-13(2)10-22-17(15-7-5-9-25-15)19-20-18(22)26-12-16(23)21(3)11-14-6-4-8-24-14/h4-9,13H,10-12H2,1-3H3. The van der Waals surface area contributed by atoms with Gasteiger partial charge in [-0.25, -0.2) is 0 Å². The molecule has 0 aliphatic carbocycles. The van der Waals surface area contributed by atoms with Crippen LogP contribution in [0.1, 0.15) is 19.6 Å². The van der Waals surface area contributed by atoms with E-state index in [1.807, 2.05) is 28.8 Å². The van der Waals surface area contributed by atoms with Crippen LogP contribution in [0.2, 0.25) is 0 Å². The van der Waals surface area contributed by atoms with Crippen LogP contribution in [0.15, 0.2) is 50.8 Å². The fourth-order valence-corrected chi connectivity index (χ4v) is 3.36. The smallest absolute Gasteiger partial charge is 0.233 e. The first-order valence-electron chi connectivity index (χ1n) is 8.41. The van der Waals surface area contributed by atoms with E-state index in [9.17, 15) is 4.79 Å². The summed E-state index contributed by atoms with van der Waals surface area (Å²) in [7, 11) is 1.76. The largest absolute Gasteiger partial charge is 0.467 e. The van der Waals surface area contributed by atoms with Crippen molar-refractivity contribution in [1.29, 1.82) is 0 Å². The Bertz CT molecular complexity index is 825. The number of nitrogens with zero attached hydrogens (tertiary/aromatic N) is 4. The summed E-state index contributed by atoms with van der Waals surface area (Å²) in [5.74, 6) is 2.82. The third-order valence-electron chi connectivity index (χ3n) is 3.73. The lowest BCUT2D eigenvalue weighted by Gasteiger charge is -2.16. The van der Waals surface area contributed by atoms with Crippen LogP contribution in [0.25, 0.3) is 11.6 Å². The number of hydrogen-bond acceptors (Lipinski definition) is 6. The van der Waals surface area contributed by atoms with Crippen molar-refractivity contribution in [3.63, 3.8) is 0 Å². The van der Waals surface area contributed by atoms with Crippen LogP contribution >= 0.6 is 11.8 Å². The first-order valence-corrected chi connectivity index (χ1v) is 9.39. The lowest BCUT2D eigenvalue weighted by atomic mass is 10.2. The highest BCUT2D eigenvalue weighted by molar-refractivity contribution is 7.99. The third kappa shape index (κ3) is 4.37. The zero-order valence-corrected chi connectivity index (χ0v) is 15.9. The maximum absolute atomic E-state index is 12.4. The molecule has 0 saturated carbocycles. The molecule has 138 valence electrons. The molecule has 0 bridgehead atoms. The van der Waals surface area contributed by atoms with E-state index in [2.05, 4.69) is 24.0 Å². The lowest BCUT2D eigenvalue weighted by molar-refractivity contribution is -0.127. The number of rotatable bonds is 8. The summed E-state index contributed by atoms with van der Waals surface area (Å²) in [6.45, 7) is 5.45. The van der Waals surface area contributed by atoms with Crippen molar-refractivity contribution in [3.05, 3.63) is 42.6 Å². The van der Waals surface area contributed by atoms with Gasteiger partial charge in [-0.15, -0.1) is 10.2 Å². The third-order valence-corrected chi connectivity index (χ3v) is 4.68. The molecule has 8 heteroatoms. The summed E-state index contributed by atoms with van der Waals surface area (Å²) in [5, 5.41) is 9.23. The Kier molecular flexibility index (Phi) is 5.82. The van der Waals surface area contributed by atoms with Crippen molar-refractivity contribution >= 4 is 17.7 Å². The summed E-state index contributed by atoms with van der Waals surface area (Å²) in [4.78, 5) is 14.0. The molecule has 3 aromatic heterocycles. The highest BCUT2D eigenvalue weighted by Crippen LogP contribution is 2.25. The second-order valence-electron chi connectivity index (χ2n) is 6.41. The van der Waals surface area contributed by atoms with Gasteiger partial charge in [0.05, 0.1) is 24.8 Å². The molecule has 0 fully saturated rings. The topological polar surface area (TPSA) is 77.3 Å². The van der Waals surface area contributed by atoms with Crippen LogP contribution in [0, 0.1) is 5.92 Å². The first-order chi connectivity index (χ1) is 12.5. The molecule has 0 spiro atoms. The summed E-state index contributed by atoms with van der Waals surface area (Å²) in [5.41, 5.74) is 0. The minimum atomic E-state index is 0.00467. The molecule has 0 N–H and O–H groups in total. The van der Waals surface area contributed by atoms with E-state index in [-0.39, 0.29) is 11.7 Å². The minimum absolute atomic E-state index is 0.00467. The summed E-state index contributed by atoms with van der Waals surface area (Å²) < 4.78 is 12.8. The second kappa shape index (κ2) is 8.27. The Hall–Kier alpha value is -2.48. The van der Waals surface area contributed by atoms with Crippen molar-refractivity contribution in [1.82, 2.24) is 19.7 Å². The van der Waals surface area contributed by atoms with Gasteiger partial charge in [0.25, 0.3) is 0 Å². The van der Waals surface area contributed by atoms with E-state index in [0.717, 1.165) is 12.3 Å². The monoisotopic (exact) mass is 374 g/mol. The van der Waals surface area contributed by atoms with Crippen LogP contribution < -0.4 is 0 Å². The molecule has 0 saturated heterocycles. The van der Waals surface area contributed by atoms with E-state index in [4.69, 9.17) is 8.83 Å². The maximum Gasteiger partial charge on any atom is 0.233 e. The Morgan fingerprint density at radius 3 is 2.65 bits per heavy atom. The fourth-order valence-electron chi connectivity index (χ4n) is 2.47. The average Bonchev–Trinajstić information content (AvgIpc) is 3.34. The fraction of sp³-hybridized carbons (Fsp3) is 0.389. The van der Waals surface area contributed by atoms with Gasteiger partial charge < -0.3 is 13.7 Å². The van der Waals surface area contributed by atoms with Crippen LogP contribution in [0.4, 0.5) is 0 Å². The number of hydrogen-bond donors (Lipinski definition) is 0. The molecular weight excluding hydrogens is 352 g/mol. The molecule has 3 heterocycles. The molecule has 1 amide bonds. The van der Waals surface area contributed by atoms with Gasteiger partial charge in [-0.3, -0.25) is 9.36 Å². The molecule has 0 radical (unpaired) electrons. The highest BCUT2D eigenvalue weighted by atomic mass is 32.2. The van der Waals surface area contributed by atoms with Gasteiger partial charge in [0, 0.05) is 13.6 Å². The van der Waals surface area contributed by atoms with Gasteiger partial charge in [0.1, 0.15) is 5.76 Å². The molecule has 7 nitrogen and oxygen atoms in total. The Balaban J connectivity index is 1.68. The Labute approximate surface area is 156 Å². The summed E-state index contributed by atoms with van der Waals surface area (Å²) in [6.07, 6.45) is 3.22. The van der Waals surface area contributed by atoms with Crippen molar-refractivity contribution in [2.45, 2.75) is 32.1 Å². The number of aromatic nitrogens is 3. The first kappa shape index (κ1) is 18.3. The Morgan fingerprint density at radius 1 is 1.23 bits per heavy atom. The normalized spacial score (nSPS) is 11.2. The molecule has 0 aliphatic heterocycles. The number of thioether (sulfide) groups is 1.